The van der Waals surface area contributed by atoms with Gasteiger partial charge in [0.1, 0.15) is 5.56 Å². The standard InChI is InChI=1S/C23H21N5O3S/c29-23(17-13-25-28-18(5-6-24-22(17)28)21-2-1-11-32-21)27-9-7-26(8-10-27)14-16-3-4-19-20(12-16)31-15-30-19/h1-6,11-13H,7-10,14-15H2. The van der Waals surface area contributed by atoms with E-state index < -0.39 is 0 Å². The number of carbonyl (C=O) groups is 1. The van der Waals surface area contributed by atoms with E-state index in [9.17, 15) is 4.79 Å². The first kappa shape index (κ1) is 19.3. The van der Waals surface area contributed by atoms with E-state index in [1.165, 1.54) is 5.56 Å². The summed E-state index contributed by atoms with van der Waals surface area (Å²) in [5, 5.41) is 6.50. The zero-order valence-electron chi connectivity index (χ0n) is 17.3. The minimum Gasteiger partial charge on any atom is -0.454 e. The average molecular weight is 448 g/mol. The second kappa shape index (κ2) is 7.92. The van der Waals surface area contributed by atoms with Gasteiger partial charge >= 0.3 is 0 Å². The average Bonchev–Trinajstić information content (AvgIpc) is 3.59. The molecule has 0 N–H and O–H groups in total. The lowest BCUT2D eigenvalue weighted by molar-refractivity contribution is 0.0630. The summed E-state index contributed by atoms with van der Waals surface area (Å²) < 4.78 is 12.6. The molecule has 162 valence electrons. The zero-order valence-corrected chi connectivity index (χ0v) is 18.1. The van der Waals surface area contributed by atoms with Crippen LogP contribution in [0.5, 0.6) is 11.5 Å². The Hall–Kier alpha value is -3.43. The fourth-order valence-corrected chi connectivity index (χ4v) is 4.97. The molecule has 2 aliphatic heterocycles. The molecule has 8 nitrogen and oxygen atoms in total. The van der Waals surface area contributed by atoms with Crippen molar-refractivity contribution in [3.63, 3.8) is 0 Å². The van der Waals surface area contributed by atoms with E-state index in [1.54, 1.807) is 28.2 Å². The van der Waals surface area contributed by atoms with Crippen LogP contribution in [0.4, 0.5) is 0 Å². The van der Waals surface area contributed by atoms with Crippen molar-refractivity contribution < 1.29 is 14.3 Å². The molecule has 3 aromatic heterocycles. The molecule has 1 aromatic carbocycles. The van der Waals surface area contributed by atoms with Gasteiger partial charge in [0.15, 0.2) is 17.1 Å². The molecule has 32 heavy (non-hydrogen) atoms. The Labute approximate surface area is 188 Å². The molecule has 0 aliphatic carbocycles. The quantitative estimate of drug-likeness (QED) is 0.479. The smallest absolute Gasteiger partial charge is 0.259 e. The van der Waals surface area contributed by atoms with Gasteiger partial charge in [0, 0.05) is 38.9 Å². The maximum absolute atomic E-state index is 13.3. The first-order valence-electron chi connectivity index (χ1n) is 10.5. The van der Waals surface area contributed by atoms with Gasteiger partial charge in [-0.15, -0.1) is 11.3 Å². The monoisotopic (exact) mass is 447 g/mol. The van der Waals surface area contributed by atoms with E-state index in [0.29, 0.717) is 24.3 Å². The number of ether oxygens (including phenoxy) is 2. The lowest BCUT2D eigenvalue weighted by Crippen LogP contribution is -2.48. The number of benzene rings is 1. The number of nitrogens with zero attached hydrogens (tertiary/aromatic N) is 5. The Morgan fingerprint density at radius 3 is 2.78 bits per heavy atom. The molecular formula is C23H21N5O3S. The van der Waals surface area contributed by atoms with Crippen molar-refractivity contribution in [1.29, 1.82) is 0 Å². The number of fused-ring (bicyclic) bond motifs is 2. The summed E-state index contributed by atoms with van der Waals surface area (Å²) in [7, 11) is 0. The first-order chi connectivity index (χ1) is 15.8. The number of hydrogen-bond acceptors (Lipinski definition) is 7. The van der Waals surface area contributed by atoms with Crippen LogP contribution in [0.3, 0.4) is 0 Å². The Balaban J connectivity index is 1.15. The maximum Gasteiger partial charge on any atom is 0.259 e. The zero-order chi connectivity index (χ0) is 21.5. The minimum atomic E-state index is -0.0152. The van der Waals surface area contributed by atoms with Gasteiger partial charge in [-0.2, -0.15) is 5.10 Å². The molecule has 5 heterocycles. The Morgan fingerprint density at radius 2 is 1.94 bits per heavy atom. The van der Waals surface area contributed by atoms with Crippen molar-refractivity contribution in [1.82, 2.24) is 24.4 Å². The van der Waals surface area contributed by atoms with Gasteiger partial charge in [0.05, 0.1) is 16.8 Å². The number of aromatic nitrogens is 3. The normalized spacial score (nSPS) is 16.1. The van der Waals surface area contributed by atoms with E-state index in [2.05, 4.69) is 21.0 Å². The van der Waals surface area contributed by atoms with Crippen LogP contribution >= 0.6 is 11.3 Å². The highest BCUT2D eigenvalue weighted by Crippen LogP contribution is 2.33. The summed E-state index contributed by atoms with van der Waals surface area (Å²) in [4.78, 5) is 23.0. The van der Waals surface area contributed by atoms with Gasteiger partial charge in [-0.3, -0.25) is 9.69 Å². The molecule has 1 amide bonds. The van der Waals surface area contributed by atoms with E-state index in [4.69, 9.17) is 9.47 Å². The lowest BCUT2D eigenvalue weighted by atomic mass is 10.1. The molecule has 0 spiro atoms. The summed E-state index contributed by atoms with van der Waals surface area (Å²) in [5.41, 5.74) is 3.27. The van der Waals surface area contributed by atoms with Crippen LogP contribution in [0.1, 0.15) is 15.9 Å². The second-order valence-corrected chi connectivity index (χ2v) is 8.80. The van der Waals surface area contributed by atoms with Crippen molar-refractivity contribution in [2.45, 2.75) is 6.54 Å². The Morgan fingerprint density at radius 1 is 1.06 bits per heavy atom. The molecule has 1 fully saturated rings. The molecule has 0 bridgehead atoms. The number of carbonyl (C=O) groups excluding carboxylic acids is 1. The van der Waals surface area contributed by atoms with Crippen LogP contribution in [-0.2, 0) is 6.54 Å². The molecule has 4 aromatic rings. The van der Waals surface area contributed by atoms with Crippen molar-refractivity contribution in [3.8, 4) is 22.1 Å². The van der Waals surface area contributed by atoms with E-state index in [-0.39, 0.29) is 12.7 Å². The minimum absolute atomic E-state index is 0.0152. The summed E-state index contributed by atoms with van der Waals surface area (Å²) >= 11 is 1.64. The Kier molecular flexibility index (Phi) is 4.77. The van der Waals surface area contributed by atoms with Crippen molar-refractivity contribution in [2.24, 2.45) is 0 Å². The Bertz CT molecular complexity index is 1280. The molecule has 6 rings (SSSR count). The lowest BCUT2D eigenvalue weighted by Gasteiger charge is -2.34. The van der Waals surface area contributed by atoms with Crippen LogP contribution in [0.25, 0.3) is 16.2 Å². The second-order valence-electron chi connectivity index (χ2n) is 7.86. The molecular weight excluding hydrogens is 426 g/mol. The fraction of sp³-hybridized carbons (Fsp3) is 0.261. The third kappa shape index (κ3) is 3.39. The predicted octanol–water partition coefficient (Wildman–Crippen LogP) is 3.14. The van der Waals surface area contributed by atoms with Crippen molar-refractivity contribution in [2.75, 3.05) is 33.0 Å². The molecule has 0 unspecified atom stereocenters. The van der Waals surface area contributed by atoms with Gasteiger partial charge in [0.25, 0.3) is 5.91 Å². The SMILES string of the molecule is O=C(c1cnn2c(-c3cccs3)ccnc12)N1CCN(Cc2ccc3c(c2)OCO3)CC1. The number of thiophene rings is 1. The number of rotatable bonds is 4. The highest BCUT2D eigenvalue weighted by molar-refractivity contribution is 7.13. The highest BCUT2D eigenvalue weighted by Gasteiger charge is 2.26. The third-order valence-corrected chi connectivity index (χ3v) is 6.80. The largest absolute Gasteiger partial charge is 0.454 e. The molecule has 1 saturated heterocycles. The van der Waals surface area contributed by atoms with Crippen LogP contribution in [0, 0.1) is 0 Å². The highest BCUT2D eigenvalue weighted by atomic mass is 32.1. The number of amides is 1. The summed E-state index contributed by atoms with van der Waals surface area (Å²) in [6.45, 7) is 4.07. The molecule has 2 aliphatic rings. The first-order valence-corrected chi connectivity index (χ1v) is 11.4. The number of piperazine rings is 1. The van der Waals surface area contributed by atoms with Gasteiger partial charge in [-0.25, -0.2) is 9.50 Å². The van der Waals surface area contributed by atoms with Crippen LogP contribution in [0.2, 0.25) is 0 Å². The molecule has 0 radical (unpaired) electrons. The van der Waals surface area contributed by atoms with Gasteiger partial charge in [-0.05, 0) is 35.2 Å². The van der Waals surface area contributed by atoms with E-state index >= 15 is 0 Å². The van der Waals surface area contributed by atoms with Crippen LogP contribution < -0.4 is 9.47 Å². The molecule has 0 saturated carbocycles. The van der Waals surface area contributed by atoms with Gasteiger partial charge < -0.3 is 14.4 Å². The summed E-state index contributed by atoms with van der Waals surface area (Å²) in [6.07, 6.45) is 3.38. The number of hydrogen-bond donors (Lipinski definition) is 0. The van der Waals surface area contributed by atoms with Gasteiger partial charge in [-0.1, -0.05) is 12.1 Å². The van der Waals surface area contributed by atoms with Crippen LogP contribution in [0.15, 0.2) is 54.2 Å². The van der Waals surface area contributed by atoms with E-state index in [1.807, 2.05) is 40.6 Å². The molecule has 0 atom stereocenters. The molecule has 9 heteroatoms. The van der Waals surface area contributed by atoms with E-state index in [0.717, 1.165) is 41.7 Å². The van der Waals surface area contributed by atoms with Crippen molar-refractivity contribution in [3.05, 3.63) is 65.3 Å². The fourth-order valence-electron chi connectivity index (χ4n) is 4.23. The summed E-state index contributed by atoms with van der Waals surface area (Å²) in [5.74, 6) is 1.59. The van der Waals surface area contributed by atoms with Crippen molar-refractivity contribution >= 4 is 22.9 Å². The van der Waals surface area contributed by atoms with Crippen LogP contribution in [-0.4, -0.2) is 63.3 Å². The predicted molar refractivity (Wildman–Crippen MR) is 120 cm³/mol. The summed E-state index contributed by atoms with van der Waals surface area (Å²) in [6, 6.07) is 12.0. The maximum atomic E-state index is 13.3. The van der Waals surface area contributed by atoms with Gasteiger partial charge in [0.2, 0.25) is 6.79 Å². The third-order valence-electron chi connectivity index (χ3n) is 5.91. The topological polar surface area (TPSA) is 72.2 Å².